The summed E-state index contributed by atoms with van der Waals surface area (Å²) in [5.74, 6) is 0.549. The van der Waals surface area contributed by atoms with E-state index in [1.807, 2.05) is 0 Å². The van der Waals surface area contributed by atoms with Crippen molar-refractivity contribution in [1.82, 2.24) is 10.2 Å². The second-order valence-corrected chi connectivity index (χ2v) is 4.44. The van der Waals surface area contributed by atoms with Crippen molar-refractivity contribution in [2.24, 2.45) is 0 Å². The first kappa shape index (κ1) is 12.4. The summed E-state index contributed by atoms with van der Waals surface area (Å²) in [5.41, 5.74) is 0.667. The van der Waals surface area contributed by atoms with Crippen LogP contribution >= 0.6 is 34.8 Å². The number of hydrogen-bond donors (Lipinski definition) is 0. The van der Waals surface area contributed by atoms with Crippen LogP contribution in [-0.2, 0) is 6.61 Å². The predicted octanol–water partition coefficient (Wildman–Crippen LogP) is 4.02. The van der Waals surface area contributed by atoms with Crippen molar-refractivity contribution in [1.29, 1.82) is 0 Å². The lowest BCUT2D eigenvalue weighted by molar-refractivity contribution is 0.300. The summed E-state index contributed by atoms with van der Waals surface area (Å²) < 4.78 is 5.48. The van der Waals surface area contributed by atoms with Gasteiger partial charge in [-0.2, -0.15) is 5.10 Å². The summed E-state index contributed by atoms with van der Waals surface area (Å²) in [6, 6.07) is 8.41. The first-order chi connectivity index (χ1) is 8.15. The molecule has 0 radical (unpaired) electrons. The summed E-state index contributed by atoms with van der Waals surface area (Å²) in [6.45, 7) is 0.269. The Labute approximate surface area is 113 Å². The second kappa shape index (κ2) is 5.54. The molecule has 0 aliphatic rings. The van der Waals surface area contributed by atoms with Crippen LogP contribution in [0.3, 0.4) is 0 Å². The van der Waals surface area contributed by atoms with E-state index in [9.17, 15) is 0 Å². The lowest BCUT2D eigenvalue weighted by Crippen LogP contribution is -1.99. The first-order valence-corrected chi connectivity index (χ1v) is 5.84. The molecule has 0 fully saturated rings. The average Bonchev–Trinajstić information content (AvgIpc) is 2.30. The minimum atomic E-state index is 0.269. The zero-order chi connectivity index (χ0) is 12.3. The maximum Gasteiger partial charge on any atom is 0.151 e. The second-order valence-electron chi connectivity index (χ2n) is 3.21. The Kier molecular flexibility index (Phi) is 4.05. The van der Waals surface area contributed by atoms with Gasteiger partial charge in [0.2, 0.25) is 0 Å². The van der Waals surface area contributed by atoms with Gasteiger partial charge in [0, 0.05) is 5.02 Å². The van der Waals surface area contributed by atoms with Gasteiger partial charge in [0.05, 0.1) is 5.02 Å². The normalized spacial score (nSPS) is 10.3. The molecule has 0 amide bonds. The Balaban J connectivity index is 2.04. The Morgan fingerprint density at radius 1 is 1.00 bits per heavy atom. The lowest BCUT2D eigenvalue weighted by Gasteiger charge is -2.07. The summed E-state index contributed by atoms with van der Waals surface area (Å²) >= 11 is 17.4. The molecule has 1 aromatic carbocycles. The molecule has 0 bridgehead atoms. The highest BCUT2D eigenvalue weighted by atomic mass is 35.5. The molecule has 6 heteroatoms. The number of rotatable bonds is 3. The zero-order valence-electron chi connectivity index (χ0n) is 8.53. The molecule has 0 N–H and O–H groups in total. The highest BCUT2D eigenvalue weighted by Crippen LogP contribution is 2.27. The number of benzene rings is 1. The molecule has 0 saturated heterocycles. The molecule has 1 heterocycles. The first-order valence-electron chi connectivity index (χ1n) is 4.71. The molecule has 17 heavy (non-hydrogen) atoms. The minimum absolute atomic E-state index is 0.269. The van der Waals surface area contributed by atoms with Gasteiger partial charge in [0.15, 0.2) is 5.15 Å². The topological polar surface area (TPSA) is 35.0 Å². The van der Waals surface area contributed by atoms with Crippen LogP contribution in [0.4, 0.5) is 0 Å². The van der Waals surface area contributed by atoms with Gasteiger partial charge < -0.3 is 4.74 Å². The van der Waals surface area contributed by atoms with Crippen molar-refractivity contribution in [3.05, 3.63) is 51.2 Å². The molecule has 2 aromatic rings. The Bertz CT molecular complexity index is 517. The van der Waals surface area contributed by atoms with Gasteiger partial charge in [-0.3, -0.25) is 0 Å². The largest absolute Gasteiger partial charge is 0.486 e. The highest BCUT2D eigenvalue weighted by molar-refractivity contribution is 6.35. The standard InChI is InChI=1S/C11H7Cl3N2O/c12-7-1-3-10(9(13)5-7)17-6-8-2-4-11(14)16-15-8/h1-5H,6H2. The number of nitrogens with zero attached hydrogens (tertiary/aromatic N) is 2. The molecular weight excluding hydrogens is 282 g/mol. The van der Waals surface area contributed by atoms with Crippen molar-refractivity contribution in [3.8, 4) is 5.75 Å². The van der Waals surface area contributed by atoms with Gasteiger partial charge in [-0.1, -0.05) is 34.8 Å². The molecule has 1 aromatic heterocycles. The van der Waals surface area contributed by atoms with E-state index in [4.69, 9.17) is 39.5 Å². The fourth-order valence-corrected chi connectivity index (χ4v) is 1.73. The predicted molar refractivity (Wildman–Crippen MR) is 67.8 cm³/mol. The average molecular weight is 290 g/mol. The van der Waals surface area contributed by atoms with E-state index >= 15 is 0 Å². The van der Waals surface area contributed by atoms with Crippen LogP contribution < -0.4 is 4.74 Å². The molecule has 2 rings (SSSR count). The Hall–Kier alpha value is -1.03. The van der Waals surface area contributed by atoms with Crippen LogP contribution in [-0.4, -0.2) is 10.2 Å². The van der Waals surface area contributed by atoms with E-state index in [1.165, 1.54) is 0 Å². The van der Waals surface area contributed by atoms with Gasteiger partial charge in [0.1, 0.15) is 18.1 Å². The van der Waals surface area contributed by atoms with Crippen LogP contribution in [0.15, 0.2) is 30.3 Å². The van der Waals surface area contributed by atoms with Crippen LogP contribution in [0.1, 0.15) is 5.69 Å². The van der Waals surface area contributed by atoms with Gasteiger partial charge in [-0.15, -0.1) is 5.10 Å². The van der Waals surface area contributed by atoms with Crippen molar-refractivity contribution in [2.75, 3.05) is 0 Å². The van der Waals surface area contributed by atoms with E-state index in [2.05, 4.69) is 10.2 Å². The Morgan fingerprint density at radius 2 is 1.82 bits per heavy atom. The highest BCUT2D eigenvalue weighted by Gasteiger charge is 2.03. The van der Waals surface area contributed by atoms with E-state index in [-0.39, 0.29) is 6.61 Å². The molecular formula is C11H7Cl3N2O. The summed E-state index contributed by atoms with van der Waals surface area (Å²) in [4.78, 5) is 0. The summed E-state index contributed by atoms with van der Waals surface area (Å²) in [6.07, 6.45) is 0. The number of aromatic nitrogens is 2. The third kappa shape index (κ3) is 3.46. The van der Waals surface area contributed by atoms with Gasteiger partial charge in [-0.05, 0) is 30.3 Å². The van der Waals surface area contributed by atoms with E-state index in [1.54, 1.807) is 30.3 Å². The van der Waals surface area contributed by atoms with Gasteiger partial charge in [0.25, 0.3) is 0 Å². The van der Waals surface area contributed by atoms with Crippen molar-refractivity contribution in [3.63, 3.8) is 0 Å². The van der Waals surface area contributed by atoms with Gasteiger partial charge in [-0.25, -0.2) is 0 Å². The van der Waals surface area contributed by atoms with Crippen LogP contribution in [0.5, 0.6) is 5.75 Å². The SMILES string of the molecule is Clc1ccc(OCc2ccc(Cl)nn2)c(Cl)c1. The monoisotopic (exact) mass is 288 g/mol. The number of halogens is 3. The van der Waals surface area contributed by atoms with Crippen molar-refractivity contribution >= 4 is 34.8 Å². The van der Waals surface area contributed by atoms with E-state index in [0.717, 1.165) is 0 Å². The van der Waals surface area contributed by atoms with E-state index in [0.29, 0.717) is 26.6 Å². The minimum Gasteiger partial charge on any atom is -0.486 e. The molecule has 0 saturated carbocycles. The zero-order valence-corrected chi connectivity index (χ0v) is 10.8. The van der Waals surface area contributed by atoms with Crippen LogP contribution in [0.25, 0.3) is 0 Å². The number of ether oxygens (including phenoxy) is 1. The third-order valence-corrected chi connectivity index (χ3v) is 2.69. The fraction of sp³-hybridized carbons (Fsp3) is 0.0909. The fourth-order valence-electron chi connectivity index (χ4n) is 1.16. The molecule has 0 atom stereocenters. The molecule has 0 unspecified atom stereocenters. The van der Waals surface area contributed by atoms with Crippen molar-refractivity contribution in [2.45, 2.75) is 6.61 Å². The number of hydrogen-bond acceptors (Lipinski definition) is 3. The quantitative estimate of drug-likeness (QED) is 0.856. The lowest BCUT2D eigenvalue weighted by atomic mass is 10.3. The molecule has 0 aliphatic heterocycles. The van der Waals surface area contributed by atoms with Gasteiger partial charge >= 0.3 is 0 Å². The maximum absolute atomic E-state index is 5.95. The Morgan fingerprint density at radius 3 is 2.47 bits per heavy atom. The summed E-state index contributed by atoms with van der Waals surface area (Å²) in [7, 11) is 0. The van der Waals surface area contributed by atoms with Crippen LogP contribution in [0.2, 0.25) is 15.2 Å². The molecule has 88 valence electrons. The maximum atomic E-state index is 5.95. The third-order valence-electron chi connectivity index (χ3n) is 1.96. The van der Waals surface area contributed by atoms with Crippen molar-refractivity contribution < 1.29 is 4.74 Å². The summed E-state index contributed by atoms with van der Waals surface area (Å²) in [5, 5.41) is 8.94. The smallest absolute Gasteiger partial charge is 0.151 e. The molecule has 0 aliphatic carbocycles. The van der Waals surface area contributed by atoms with Crippen LogP contribution in [0, 0.1) is 0 Å². The molecule has 3 nitrogen and oxygen atoms in total. The van der Waals surface area contributed by atoms with E-state index < -0.39 is 0 Å². The molecule has 0 spiro atoms.